The molecular formula is C11H12ClN5O. The lowest BCUT2D eigenvalue weighted by Gasteiger charge is -2.07. The summed E-state index contributed by atoms with van der Waals surface area (Å²) in [5.41, 5.74) is 6.49. The van der Waals surface area contributed by atoms with Crippen molar-refractivity contribution in [2.75, 3.05) is 12.3 Å². The first-order valence-corrected chi connectivity index (χ1v) is 5.72. The van der Waals surface area contributed by atoms with Gasteiger partial charge in [0, 0.05) is 18.4 Å². The van der Waals surface area contributed by atoms with Crippen LogP contribution >= 0.6 is 11.6 Å². The van der Waals surface area contributed by atoms with Crippen molar-refractivity contribution in [1.29, 1.82) is 0 Å². The van der Waals surface area contributed by atoms with Gasteiger partial charge in [-0.15, -0.1) is 5.10 Å². The highest BCUT2D eigenvalue weighted by atomic mass is 35.5. The first kappa shape index (κ1) is 12.4. The van der Waals surface area contributed by atoms with Crippen LogP contribution in [0.3, 0.4) is 0 Å². The van der Waals surface area contributed by atoms with Gasteiger partial charge in [0.25, 0.3) is 5.91 Å². The standard InChI is InChI=1S/C11H12ClN5O/c12-10-7-8(13)1-2-9(10)11(18)14-3-5-17-6-4-15-16-17/h1-2,4,6-7H,3,5,13H2,(H,14,18). The molecule has 0 aliphatic rings. The van der Waals surface area contributed by atoms with Crippen molar-refractivity contribution >= 4 is 23.2 Å². The molecule has 0 unspecified atom stereocenters. The van der Waals surface area contributed by atoms with Gasteiger partial charge in [0.1, 0.15) is 0 Å². The summed E-state index contributed by atoms with van der Waals surface area (Å²) in [7, 11) is 0. The number of anilines is 1. The highest BCUT2D eigenvalue weighted by molar-refractivity contribution is 6.34. The molecule has 0 aliphatic heterocycles. The second kappa shape index (κ2) is 5.50. The minimum atomic E-state index is -0.236. The average Bonchev–Trinajstić information content (AvgIpc) is 2.81. The molecule has 0 aliphatic carbocycles. The van der Waals surface area contributed by atoms with Crippen molar-refractivity contribution in [2.45, 2.75) is 6.54 Å². The zero-order valence-corrected chi connectivity index (χ0v) is 10.3. The molecule has 94 valence electrons. The van der Waals surface area contributed by atoms with Gasteiger partial charge in [0.2, 0.25) is 0 Å². The number of aromatic nitrogens is 3. The minimum Gasteiger partial charge on any atom is -0.399 e. The van der Waals surface area contributed by atoms with E-state index in [-0.39, 0.29) is 5.91 Å². The SMILES string of the molecule is Nc1ccc(C(=O)NCCn2ccnn2)c(Cl)c1. The van der Waals surface area contributed by atoms with Crippen LogP contribution in [0.2, 0.25) is 5.02 Å². The number of rotatable bonds is 4. The second-order valence-corrected chi connectivity index (χ2v) is 4.07. The van der Waals surface area contributed by atoms with Crippen LogP contribution in [0.1, 0.15) is 10.4 Å². The molecule has 0 atom stereocenters. The summed E-state index contributed by atoms with van der Waals surface area (Å²) in [5, 5.41) is 10.5. The minimum absolute atomic E-state index is 0.236. The van der Waals surface area contributed by atoms with E-state index < -0.39 is 0 Å². The van der Waals surface area contributed by atoms with Crippen LogP contribution in [0.4, 0.5) is 5.69 Å². The number of nitrogens with zero attached hydrogens (tertiary/aromatic N) is 3. The summed E-state index contributed by atoms with van der Waals surface area (Å²) in [6.45, 7) is 1.00. The predicted molar refractivity (Wildman–Crippen MR) is 68.2 cm³/mol. The number of hydrogen-bond acceptors (Lipinski definition) is 4. The molecule has 1 aromatic carbocycles. The molecule has 2 rings (SSSR count). The maximum atomic E-state index is 11.8. The van der Waals surface area contributed by atoms with Crippen molar-refractivity contribution < 1.29 is 4.79 Å². The molecule has 7 heteroatoms. The predicted octanol–water partition coefficient (Wildman–Crippen LogP) is 0.944. The third-order valence-corrected chi connectivity index (χ3v) is 2.65. The average molecular weight is 266 g/mol. The lowest BCUT2D eigenvalue weighted by Crippen LogP contribution is -2.27. The van der Waals surface area contributed by atoms with E-state index in [4.69, 9.17) is 17.3 Å². The number of nitrogen functional groups attached to an aromatic ring is 1. The maximum Gasteiger partial charge on any atom is 0.252 e. The summed E-state index contributed by atoms with van der Waals surface area (Å²) < 4.78 is 1.63. The Morgan fingerprint density at radius 1 is 1.50 bits per heavy atom. The summed E-state index contributed by atoms with van der Waals surface area (Å²) in [4.78, 5) is 11.8. The lowest BCUT2D eigenvalue weighted by atomic mass is 10.2. The summed E-state index contributed by atoms with van der Waals surface area (Å²) in [5.74, 6) is -0.236. The molecule has 0 saturated carbocycles. The van der Waals surface area contributed by atoms with Gasteiger partial charge >= 0.3 is 0 Å². The zero-order chi connectivity index (χ0) is 13.0. The Hall–Kier alpha value is -2.08. The van der Waals surface area contributed by atoms with E-state index >= 15 is 0 Å². The van der Waals surface area contributed by atoms with Gasteiger partial charge < -0.3 is 11.1 Å². The Morgan fingerprint density at radius 2 is 2.33 bits per heavy atom. The van der Waals surface area contributed by atoms with Crippen molar-refractivity contribution in [1.82, 2.24) is 20.3 Å². The van der Waals surface area contributed by atoms with Crippen LogP contribution in [0.5, 0.6) is 0 Å². The number of amides is 1. The number of nitrogens with two attached hydrogens (primary N) is 1. The molecule has 0 radical (unpaired) electrons. The van der Waals surface area contributed by atoms with Crippen LogP contribution in [-0.4, -0.2) is 27.4 Å². The number of benzene rings is 1. The quantitative estimate of drug-likeness (QED) is 0.806. The van der Waals surface area contributed by atoms with E-state index in [9.17, 15) is 4.79 Å². The molecule has 2 aromatic rings. The molecule has 0 fully saturated rings. The fraction of sp³-hybridized carbons (Fsp3) is 0.182. The summed E-state index contributed by atoms with van der Waals surface area (Å²) >= 11 is 5.93. The molecule has 1 amide bonds. The van der Waals surface area contributed by atoms with Crippen molar-refractivity contribution in [2.24, 2.45) is 0 Å². The maximum absolute atomic E-state index is 11.8. The smallest absolute Gasteiger partial charge is 0.252 e. The highest BCUT2D eigenvalue weighted by Gasteiger charge is 2.09. The van der Waals surface area contributed by atoms with Gasteiger partial charge in [-0.1, -0.05) is 16.8 Å². The highest BCUT2D eigenvalue weighted by Crippen LogP contribution is 2.18. The molecule has 0 bridgehead atoms. The largest absolute Gasteiger partial charge is 0.399 e. The fourth-order valence-corrected chi connectivity index (χ4v) is 1.72. The van der Waals surface area contributed by atoms with E-state index in [2.05, 4.69) is 15.6 Å². The number of carbonyl (C=O) groups is 1. The van der Waals surface area contributed by atoms with Crippen LogP contribution in [-0.2, 0) is 6.54 Å². The molecule has 1 aromatic heterocycles. The normalized spacial score (nSPS) is 10.3. The number of halogens is 1. The summed E-state index contributed by atoms with van der Waals surface area (Å²) in [6.07, 6.45) is 3.31. The molecule has 0 spiro atoms. The van der Waals surface area contributed by atoms with Gasteiger partial charge in [-0.3, -0.25) is 9.48 Å². The Kier molecular flexibility index (Phi) is 3.78. The van der Waals surface area contributed by atoms with Crippen LogP contribution in [0, 0.1) is 0 Å². The van der Waals surface area contributed by atoms with Crippen molar-refractivity contribution in [3.05, 3.63) is 41.2 Å². The topological polar surface area (TPSA) is 85.8 Å². The van der Waals surface area contributed by atoms with Gasteiger partial charge in [-0.2, -0.15) is 0 Å². The van der Waals surface area contributed by atoms with E-state index in [0.717, 1.165) is 0 Å². The Bertz CT molecular complexity index is 540. The third kappa shape index (κ3) is 2.98. The molecule has 1 heterocycles. The zero-order valence-electron chi connectivity index (χ0n) is 9.51. The summed E-state index contributed by atoms with van der Waals surface area (Å²) in [6, 6.07) is 4.79. The van der Waals surface area contributed by atoms with E-state index in [0.29, 0.717) is 29.4 Å². The Labute approximate surface area is 109 Å². The van der Waals surface area contributed by atoms with E-state index in [1.54, 1.807) is 35.3 Å². The van der Waals surface area contributed by atoms with Crippen LogP contribution < -0.4 is 11.1 Å². The van der Waals surface area contributed by atoms with Crippen molar-refractivity contribution in [3.8, 4) is 0 Å². The van der Waals surface area contributed by atoms with Gasteiger partial charge in [-0.05, 0) is 18.2 Å². The molecule has 18 heavy (non-hydrogen) atoms. The van der Waals surface area contributed by atoms with Gasteiger partial charge in [0.15, 0.2) is 0 Å². The Balaban J connectivity index is 1.91. The molecule has 3 N–H and O–H groups in total. The molecular weight excluding hydrogens is 254 g/mol. The molecule has 0 saturated heterocycles. The first-order chi connectivity index (χ1) is 8.66. The lowest BCUT2D eigenvalue weighted by molar-refractivity contribution is 0.0952. The van der Waals surface area contributed by atoms with Crippen LogP contribution in [0.25, 0.3) is 0 Å². The van der Waals surface area contributed by atoms with E-state index in [1.165, 1.54) is 0 Å². The van der Waals surface area contributed by atoms with Crippen LogP contribution in [0.15, 0.2) is 30.6 Å². The van der Waals surface area contributed by atoms with E-state index in [1.807, 2.05) is 0 Å². The number of nitrogens with one attached hydrogen (secondary N) is 1. The molecule has 6 nitrogen and oxygen atoms in total. The van der Waals surface area contributed by atoms with Gasteiger partial charge in [0.05, 0.1) is 23.3 Å². The monoisotopic (exact) mass is 265 g/mol. The second-order valence-electron chi connectivity index (χ2n) is 3.66. The first-order valence-electron chi connectivity index (χ1n) is 5.34. The Morgan fingerprint density at radius 3 is 3.00 bits per heavy atom. The van der Waals surface area contributed by atoms with Crippen molar-refractivity contribution in [3.63, 3.8) is 0 Å². The van der Waals surface area contributed by atoms with Gasteiger partial charge in [-0.25, -0.2) is 0 Å². The fourth-order valence-electron chi connectivity index (χ4n) is 1.45. The third-order valence-electron chi connectivity index (χ3n) is 2.34. The number of carbonyl (C=O) groups excluding carboxylic acids is 1. The number of hydrogen-bond donors (Lipinski definition) is 2.